The van der Waals surface area contributed by atoms with Crippen molar-refractivity contribution in [2.45, 2.75) is 13.1 Å². The highest BCUT2D eigenvalue weighted by atomic mass is 19.4. The maximum atomic E-state index is 12.6. The van der Waals surface area contributed by atoms with E-state index in [4.69, 9.17) is 5.11 Å². The van der Waals surface area contributed by atoms with Crippen LogP contribution in [0.5, 0.6) is 0 Å². The largest absolute Gasteiger partial charge is 0.477 e. The first kappa shape index (κ1) is 12.5. The summed E-state index contributed by atoms with van der Waals surface area (Å²) in [7, 11) is 1.52. The minimum absolute atomic E-state index is 0.00400. The highest BCUT2D eigenvalue weighted by molar-refractivity contribution is 5.98. The Balaban J connectivity index is 2.80. The van der Waals surface area contributed by atoms with Crippen LogP contribution in [-0.2, 0) is 13.2 Å². The molecule has 3 nitrogen and oxygen atoms in total. The molecule has 0 unspecified atom stereocenters. The third-order valence-corrected chi connectivity index (χ3v) is 2.98. The van der Waals surface area contributed by atoms with Gasteiger partial charge in [-0.25, -0.2) is 4.79 Å². The van der Waals surface area contributed by atoms with Gasteiger partial charge in [-0.1, -0.05) is 0 Å². The van der Waals surface area contributed by atoms with Crippen molar-refractivity contribution in [1.82, 2.24) is 4.57 Å². The summed E-state index contributed by atoms with van der Waals surface area (Å²) in [4.78, 5) is 11.1. The zero-order valence-electron chi connectivity index (χ0n) is 9.67. The van der Waals surface area contributed by atoms with Crippen LogP contribution < -0.4 is 0 Å². The number of halogens is 3. The van der Waals surface area contributed by atoms with Crippen molar-refractivity contribution in [2.75, 3.05) is 0 Å². The molecule has 1 heterocycles. The first-order chi connectivity index (χ1) is 8.23. The van der Waals surface area contributed by atoms with Crippen molar-refractivity contribution in [3.63, 3.8) is 0 Å². The number of carbonyl (C=O) groups is 1. The molecule has 0 spiro atoms. The van der Waals surface area contributed by atoms with Crippen LogP contribution in [0.1, 0.15) is 21.6 Å². The molecule has 1 aromatic heterocycles. The number of aryl methyl sites for hydroxylation is 2. The summed E-state index contributed by atoms with van der Waals surface area (Å²) in [5.74, 6) is -1.15. The van der Waals surface area contributed by atoms with E-state index in [9.17, 15) is 18.0 Å². The molecular formula is C12H10F3NO2. The van der Waals surface area contributed by atoms with Crippen molar-refractivity contribution < 1.29 is 23.1 Å². The van der Waals surface area contributed by atoms with Crippen LogP contribution in [0, 0.1) is 6.92 Å². The lowest BCUT2D eigenvalue weighted by Crippen LogP contribution is -2.05. The number of benzene rings is 1. The van der Waals surface area contributed by atoms with Gasteiger partial charge in [-0.3, -0.25) is 0 Å². The second-order valence-corrected chi connectivity index (χ2v) is 4.07. The number of alkyl halides is 3. The molecule has 0 saturated heterocycles. The van der Waals surface area contributed by atoms with E-state index in [0.717, 1.165) is 12.1 Å². The van der Waals surface area contributed by atoms with Gasteiger partial charge in [-0.15, -0.1) is 0 Å². The molecule has 0 saturated carbocycles. The summed E-state index contributed by atoms with van der Waals surface area (Å²) in [6.45, 7) is 1.51. The van der Waals surface area contributed by atoms with Gasteiger partial charge in [-0.05, 0) is 30.7 Å². The maximum Gasteiger partial charge on any atom is 0.416 e. The zero-order chi connectivity index (χ0) is 13.7. The lowest BCUT2D eigenvalue weighted by atomic mass is 10.1. The van der Waals surface area contributed by atoms with Crippen LogP contribution in [0.4, 0.5) is 13.2 Å². The Morgan fingerprint density at radius 1 is 1.33 bits per heavy atom. The van der Waals surface area contributed by atoms with E-state index in [0.29, 0.717) is 16.5 Å². The topological polar surface area (TPSA) is 42.2 Å². The summed E-state index contributed by atoms with van der Waals surface area (Å²) >= 11 is 0. The Bertz CT molecular complexity index is 641. The van der Waals surface area contributed by atoms with Crippen molar-refractivity contribution in [3.8, 4) is 0 Å². The molecule has 6 heteroatoms. The zero-order valence-corrected chi connectivity index (χ0v) is 9.67. The normalized spacial score (nSPS) is 12.1. The molecular weight excluding hydrogens is 247 g/mol. The van der Waals surface area contributed by atoms with Gasteiger partial charge in [0.15, 0.2) is 0 Å². The second kappa shape index (κ2) is 3.76. The molecule has 96 valence electrons. The van der Waals surface area contributed by atoms with Gasteiger partial charge in [0.2, 0.25) is 0 Å². The summed E-state index contributed by atoms with van der Waals surface area (Å²) in [5, 5.41) is 9.34. The molecule has 0 amide bonds. The van der Waals surface area contributed by atoms with Crippen LogP contribution in [-0.4, -0.2) is 15.6 Å². The number of carboxylic acid groups (broad SMARTS) is 1. The van der Waals surface area contributed by atoms with E-state index in [1.807, 2.05) is 0 Å². The Labute approximate surface area is 100 Å². The number of hydrogen-bond acceptors (Lipinski definition) is 1. The van der Waals surface area contributed by atoms with Crippen LogP contribution in [0.15, 0.2) is 18.2 Å². The van der Waals surface area contributed by atoms with Crippen molar-refractivity contribution in [1.29, 1.82) is 0 Å². The predicted molar refractivity (Wildman–Crippen MR) is 59.6 cm³/mol. The van der Waals surface area contributed by atoms with Crippen LogP contribution in [0.25, 0.3) is 10.9 Å². The molecule has 0 bridgehead atoms. The second-order valence-electron chi connectivity index (χ2n) is 4.07. The highest BCUT2D eigenvalue weighted by Crippen LogP contribution is 2.33. The molecule has 0 atom stereocenters. The lowest BCUT2D eigenvalue weighted by Gasteiger charge is -2.06. The molecule has 1 N–H and O–H groups in total. The van der Waals surface area contributed by atoms with E-state index in [1.54, 1.807) is 0 Å². The van der Waals surface area contributed by atoms with Gasteiger partial charge in [0, 0.05) is 18.0 Å². The number of carboxylic acids is 1. The standard InChI is InChI=1S/C12H10F3NO2/c1-6-8-5-7(12(13,14)15)3-4-9(8)16(2)10(6)11(17)18/h3-5H,1-2H3,(H,17,18). The number of rotatable bonds is 1. The van der Waals surface area contributed by atoms with Crippen molar-refractivity contribution >= 4 is 16.9 Å². The average Bonchev–Trinajstić information content (AvgIpc) is 2.50. The Morgan fingerprint density at radius 2 is 1.94 bits per heavy atom. The smallest absolute Gasteiger partial charge is 0.416 e. The van der Waals surface area contributed by atoms with E-state index in [2.05, 4.69) is 0 Å². The molecule has 0 aliphatic heterocycles. The third kappa shape index (κ3) is 1.73. The Hall–Kier alpha value is -1.98. The van der Waals surface area contributed by atoms with Gasteiger partial charge in [0.05, 0.1) is 5.56 Å². The minimum atomic E-state index is -4.43. The SMILES string of the molecule is Cc1c(C(=O)O)n(C)c2ccc(C(F)(F)F)cc12. The summed E-state index contributed by atoms with van der Waals surface area (Å²) in [6.07, 6.45) is -4.43. The predicted octanol–water partition coefficient (Wildman–Crippen LogP) is 3.20. The van der Waals surface area contributed by atoms with Crippen molar-refractivity contribution in [2.24, 2.45) is 7.05 Å². The van der Waals surface area contributed by atoms with Gasteiger partial charge in [0.25, 0.3) is 0 Å². The first-order valence-corrected chi connectivity index (χ1v) is 5.13. The molecule has 2 aromatic rings. The quantitative estimate of drug-likeness (QED) is 0.852. The maximum absolute atomic E-state index is 12.6. The molecule has 0 fully saturated rings. The lowest BCUT2D eigenvalue weighted by molar-refractivity contribution is -0.137. The van der Waals surface area contributed by atoms with E-state index in [1.165, 1.54) is 24.6 Å². The number of aromatic carboxylic acids is 1. The number of fused-ring (bicyclic) bond motifs is 1. The van der Waals surface area contributed by atoms with Gasteiger partial charge in [-0.2, -0.15) is 13.2 Å². The first-order valence-electron chi connectivity index (χ1n) is 5.13. The summed E-state index contributed by atoms with van der Waals surface area (Å²) in [6, 6.07) is 3.22. The number of nitrogens with zero attached hydrogens (tertiary/aromatic N) is 1. The molecule has 0 aliphatic carbocycles. The van der Waals surface area contributed by atoms with Gasteiger partial charge in [0.1, 0.15) is 5.69 Å². The monoisotopic (exact) mass is 257 g/mol. The molecule has 1 aromatic carbocycles. The number of aromatic nitrogens is 1. The fraction of sp³-hybridized carbons (Fsp3) is 0.250. The Kier molecular flexibility index (Phi) is 2.61. The van der Waals surface area contributed by atoms with E-state index >= 15 is 0 Å². The summed E-state index contributed by atoms with van der Waals surface area (Å²) < 4.78 is 39.2. The van der Waals surface area contributed by atoms with Crippen molar-refractivity contribution in [3.05, 3.63) is 35.0 Å². The van der Waals surface area contributed by atoms with E-state index in [-0.39, 0.29) is 5.69 Å². The van der Waals surface area contributed by atoms with Gasteiger partial charge < -0.3 is 9.67 Å². The summed E-state index contributed by atoms with van der Waals surface area (Å²) in [5.41, 5.74) is 0.0361. The van der Waals surface area contributed by atoms with Crippen LogP contribution in [0.3, 0.4) is 0 Å². The third-order valence-electron chi connectivity index (χ3n) is 2.98. The van der Waals surface area contributed by atoms with Crippen LogP contribution >= 0.6 is 0 Å². The molecule has 2 rings (SSSR count). The minimum Gasteiger partial charge on any atom is -0.477 e. The fourth-order valence-corrected chi connectivity index (χ4v) is 2.11. The highest BCUT2D eigenvalue weighted by Gasteiger charge is 2.31. The van der Waals surface area contributed by atoms with Crippen LogP contribution in [0.2, 0.25) is 0 Å². The average molecular weight is 257 g/mol. The molecule has 18 heavy (non-hydrogen) atoms. The Morgan fingerprint density at radius 3 is 2.44 bits per heavy atom. The molecule has 0 aliphatic rings. The van der Waals surface area contributed by atoms with Gasteiger partial charge >= 0.3 is 12.1 Å². The fourth-order valence-electron chi connectivity index (χ4n) is 2.11. The molecule has 0 radical (unpaired) electrons. The number of hydrogen-bond donors (Lipinski definition) is 1. The van der Waals surface area contributed by atoms with E-state index < -0.39 is 17.7 Å².